The van der Waals surface area contributed by atoms with Crippen molar-refractivity contribution >= 4 is 33.7 Å². The highest BCUT2D eigenvalue weighted by molar-refractivity contribution is 7.12. The Kier molecular flexibility index (Phi) is 3.46. The summed E-state index contributed by atoms with van der Waals surface area (Å²) < 4.78 is 4.11. The van der Waals surface area contributed by atoms with Gasteiger partial charge in [-0.25, -0.2) is 0 Å². The van der Waals surface area contributed by atoms with Gasteiger partial charge < -0.3 is 11.1 Å². The summed E-state index contributed by atoms with van der Waals surface area (Å²) in [5.41, 5.74) is 6.75. The van der Waals surface area contributed by atoms with Gasteiger partial charge in [0.25, 0.3) is 0 Å². The first-order valence-corrected chi connectivity index (χ1v) is 6.83. The molecule has 2 heterocycles. The van der Waals surface area contributed by atoms with E-state index in [1.54, 1.807) is 0 Å². The van der Waals surface area contributed by atoms with Crippen molar-refractivity contribution in [2.45, 2.75) is 26.8 Å². The number of hydrogen-bond donors (Lipinski definition) is 2. The molecule has 0 atom stereocenters. The van der Waals surface area contributed by atoms with E-state index < -0.39 is 0 Å². The summed E-state index contributed by atoms with van der Waals surface area (Å²) in [4.78, 5) is 2.78. The number of nitrogen functional groups attached to an aromatic ring is 1. The van der Waals surface area contributed by atoms with Crippen LogP contribution in [0.4, 0.5) is 10.8 Å². The molecular formula is C11H15N3S2. The zero-order valence-electron chi connectivity index (χ0n) is 9.41. The zero-order chi connectivity index (χ0) is 11.5. The molecule has 0 amide bonds. The van der Waals surface area contributed by atoms with Crippen LogP contribution >= 0.6 is 22.9 Å². The van der Waals surface area contributed by atoms with Crippen molar-refractivity contribution in [1.82, 2.24) is 4.37 Å². The third-order valence-corrected chi connectivity index (χ3v) is 4.60. The maximum Gasteiger partial charge on any atom is 0.142 e. The van der Waals surface area contributed by atoms with Gasteiger partial charge in [-0.05, 0) is 37.0 Å². The van der Waals surface area contributed by atoms with Gasteiger partial charge in [-0.15, -0.1) is 11.3 Å². The minimum Gasteiger partial charge on any atom is -0.383 e. The molecule has 0 unspecified atom stereocenters. The van der Waals surface area contributed by atoms with Crippen molar-refractivity contribution in [3.63, 3.8) is 0 Å². The Bertz CT molecular complexity index is 473. The fraction of sp³-hybridized carbons (Fsp3) is 0.364. The molecule has 2 rings (SSSR count). The lowest BCUT2D eigenvalue weighted by Gasteiger charge is -2.01. The van der Waals surface area contributed by atoms with Crippen LogP contribution in [-0.2, 0) is 13.0 Å². The summed E-state index contributed by atoms with van der Waals surface area (Å²) in [7, 11) is 0. The maximum atomic E-state index is 5.70. The van der Waals surface area contributed by atoms with Crippen LogP contribution < -0.4 is 11.1 Å². The van der Waals surface area contributed by atoms with Crippen molar-refractivity contribution in [2.75, 3.05) is 11.1 Å². The molecule has 0 bridgehead atoms. The molecule has 2 aromatic heterocycles. The van der Waals surface area contributed by atoms with Gasteiger partial charge in [-0.3, -0.25) is 0 Å². The van der Waals surface area contributed by atoms with Crippen molar-refractivity contribution in [2.24, 2.45) is 0 Å². The Morgan fingerprint density at radius 2 is 2.12 bits per heavy atom. The van der Waals surface area contributed by atoms with E-state index in [0.717, 1.165) is 23.5 Å². The number of aromatic nitrogens is 1. The summed E-state index contributed by atoms with van der Waals surface area (Å²) in [5.74, 6) is 0.632. The van der Waals surface area contributed by atoms with E-state index in [-0.39, 0.29) is 0 Å². The molecule has 16 heavy (non-hydrogen) atoms. The number of anilines is 2. The normalized spacial score (nSPS) is 10.6. The van der Waals surface area contributed by atoms with Gasteiger partial charge in [0.1, 0.15) is 10.8 Å². The maximum absolute atomic E-state index is 5.70. The van der Waals surface area contributed by atoms with E-state index in [0.29, 0.717) is 5.82 Å². The van der Waals surface area contributed by atoms with Crippen LogP contribution in [-0.4, -0.2) is 4.37 Å². The zero-order valence-corrected chi connectivity index (χ0v) is 11.0. The highest BCUT2D eigenvalue weighted by atomic mass is 32.1. The standard InChI is InChI=1S/C11H15N3S2/c1-3-8-4-5-9(15-8)6-13-11-7(2)10(12)14-16-11/h4-5,13H,3,6H2,1-2H3,(H2,12,14). The Hall–Kier alpha value is -1.07. The smallest absolute Gasteiger partial charge is 0.142 e. The third kappa shape index (κ3) is 2.36. The Morgan fingerprint density at radius 3 is 2.69 bits per heavy atom. The van der Waals surface area contributed by atoms with Crippen molar-refractivity contribution < 1.29 is 0 Å². The third-order valence-electron chi connectivity index (χ3n) is 2.45. The lowest BCUT2D eigenvalue weighted by Crippen LogP contribution is -1.97. The van der Waals surface area contributed by atoms with E-state index in [4.69, 9.17) is 5.73 Å². The van der Waals surface area contributed by atoms with Crippen LogP contribution in [0.1, 0.15) is 22.2 Å². The van der Waals surface area contributed by atoms with Crippen LogP contribution in [0.25, 0.3) is 0 Å². The molecule has 0 aromatic carbocycles. The molecule has 86 valence electrons. The molecule has 0 radical (unpaired) electrons. The summed E-state index contributed by atoms with van der Waals surface area (Å²) >= 11 is 3.28. The molecule has 5 heteroatoms. The number of aryl methyl sites for hydroxylation is 1. The minimum absolute atomic E-state index is 0.632. The SMILES string of the molecule is CCc1ccc(CNc2snc(N)c2C)s1. The molecule has 3 N–H and O–H groups in total. The van der Waals surface area contributed by atoms with Gasteiger partial charge in [-0.1, -0.05) is 6.92 Å². The first kappa shape index (κ1) is 11.4. The van der Waals surface area contributed by atoms with Gasteiger partial charge in [0.15, 0.2) is 0 Å². The minimum atomic E-state index is 0.632. The van der Waals surface area contributed by atoms with Gasteiger partial charge in [0.2, 0.25) is 0 Å². The molecule has 0 fully saturated rings. The van der Waals surface area contributed by atoms with Crippen molar-refractivity contribution in [1.29, 1.82) is 0 Å². The molecule has 0 spiro atoms. The highest BCUT2D eigenvalue weighted by Gasteiger charge is 2.06. The number of hydrogen-bond acceptors (Lipinski definition) is 5. The summed E-state index contributed by atoms with van der Waals surface area (Å²) in [6, 6.07) is 4.37. The lowest BCUT2D eigenvalue weighted by atomic mass is 10.3. The average molecular weight is 253 g/mol. The van der Waals surface area contributed by atoms with Crippen LogP contribution in [0.2, 0.25) is 0 Å². The number of rotatable bonds is 4. The second-order valence-corrected chi connectivity index (χ2v) is 5.62. The van der Waals surface area contributed by atoms with Crippen LogP contribution in [0.3, 0.4) is 0 Å². The van der Waals surface area contributed by atoms with Crippen molar-refractivity contribution in [3.05, 3.63) is 27.5 Å². The number of nitrogens with two attached hydrogens (primary N) is 1. The largest absolute Gasteiger partial charge is 0.383 e. The first-order chi connectivity index (χ1) is 7.70. The molecule has 0 aliphatic carbocycles. The van der Waals surface area contributed by atoms with Crippen LogP contribution in [0.15, 0.2) is 12.1 Å². The highest BCUT2D eigenvalue weighted by Crippen LogP contribution is 2.26. The van der Waals surface area contributed by atoms with E-state index in [1.165, 1.54) is 21.3 Å². The Balaban J connectivity index is 1.99. The average Bonchev–Trinajstić information content (AvgIpc) is 2.86. The molecule has 0 aliphatic rings. The molecule has 0 aliphatic heterocycles. The Morgan fingerprint density at radius 1 is 1.38 bits per heavy atom. The molecule has 3 nitrogen and oxygen atoms in total. The fourth-order valence-corrected chi connectivity index (χ4v) is 2.99. The van der Waals surface area contributed by atoms with Crippen LogP contribution in [0.5, 0.6) is 0 Å². The van der Waals surface area contributed by atoms with Gasteiger partial charge in [0, 0.05) is 15.3 Å². The summed E-state index contributed by atoms with van der Waals surface area (Å²) in [6.07, 6.45) is 1.11. The van der Waals surface area contributed by atoms with Gasteiger partial charge >= 0.3 is 0 Å². The number of thiophene rings is 1. The summed E-state index contributed by atoms with van der Waals surface area (Å²) in [5, 5.41) is 4.45. The predicted octanol–water partition coefficient (Wildman–Crippen LogP) is 3.27. The molecule has 0 saturated heterocycles. The lowest BCUT2D eigenvalue weighted by molar-refractivity contribution is 1.19. The molecule has 0 saturated carbocycles. The second kappa shape index (κ2) is 4.84. The Labute approximate surface area is 103 Å². The molecule has 2 aromatic rings. The fourth-order valence-electron chi connectivity index (χ4n) is 1.39. The first-order valence-electron chi connectivity index (χ1n) is 5.24. The topological polar surface area (TPSA) is 50.9 Å². The number of nitrogens with zero attached hydrogens (tertiary/aromatic N) is 1. The monoisotopic (exact) mass is 253 g/mol. The number of nitrogens with one attached hydrogen (secondary N) is 1. The predicted molar refractivity (Wildman–Crippen MR) is 72.3 cm³/mol. The van der Waals surface area contributed by atoms with Crippen molar-refractivity contribution in [3.8, 4) is 0 Å². The van der Waals surface area contributed by atoms with E-state index in [9.17, 15) is 0 Å². The summed E-state index contributed by atoms with van der Waals surface area (Å²) in [6.45, 7) is 5.03. The second-order valence-electron chi connectivity index (χ2n) is 3.60. The van der Waals surface area contributed by atoms with E-state index >= 15 is 0 Å². The molecular weight excluding hydrogens is 238 g/mol. The van der Waals surface area contributed by atoms with E-state index in [2.05, 4.69) is 28.7 Å². The van der Waals surface area contributed by atoms with Gasteiger partial charge in [-0.2, -0.15) is 4.37 Å². The quantitative estimate of drug-likeness (QED) is 0.879. The van der Waals surface area contributed by atoms with Crippen LogP contribution in [0, 0.1) is 6.92 Å². The van der Waals surface area contributed by atoms with E-state index in [1.807, 2.05) is 18.3 Å². The van der Waals surface area contributed by atoms with Gasteiger partial charge in [0.05, 0.1) is 6.54 Å².